The first-order valence-corrected chi connectivity index (χ1v) is 7.80. The molecule has 0 saturated heterocycles. The topological polar surface area (TPSA) is 27.7 Å². The van der Waals surface area contributed by atoms with Gasteiger partial charge in [0.1, 0.15) is 6.17 Å². The van der Waals surface area contributed by atoms with Crippen LogP contribution in [0.2, 0.25) is 0 Å². The Kier molecular flexibility index (Phi) is 20.3. The fourth-order valence-corrected chi connectivity index (χ4v) is 1.40. The lowest BCUT2D eigenvalue weighted by atomic mass is 10.2. The van der Waals surface area contributed by atoms with Crippen molar-refractivity contribution in [2.24, 2.45) is 0 Å². The summed E-state index contributed by atoms with van der Waals surface area (Å²) in [6.07, 6.45) is 5.22. The molecule has 3 nitrogen and oxygen atoms in total. The first-order valence-electron chi connectivity index (χ1n) is 7.80. The third kappa shape index (κ3) is 17.6. The van der Waals surface area contributed by atoms with Gasteiger partial charge in [-0.2, -0.15) is 0 Å². The number of alkyl halides is 1. The first kappa shape index (κ1) is 21.8. The lowest BCUT2D eigenvalue weighted by molar-refractivity contribution is -0.167. The molecule has 122 valence electrons. The van der Waals surface area contributed by atoms with Gasteiger partial charge in [-0.3, -0.25) is 0 Å². The van der Waals surface area contributed by atoms with Crippen molar-refractivity contribution in [3.63, 3.8) is 0 Å². The molecule has 0 bridgehead atoms. The summed E-state index contributed by atoms with van der Waals surface area (Å²) in [4.78, 5) is 0. The fourth-order valence-electron chi connectivity index (χ4n) is 1.40. The summed E-state index contributed by atoms with van der Waals surface area (Å²) < 4.78 is 28.6. The predicted octanol–water partition coefficient (Wildman–Crippen LogP) is 4.51. The normalized spacial score (nSPS) is 12.6. The van der Waals surface area contributed by atoms with Crippen molar-refractivity contribution in [3.05, 3.63) is 12.2 Å². The maximum absolute atomic E-state index is 12.5. The van der Waals surface area contributed by atoms with E-state index in [2.05, 4.69) is 0 Å². The van der Waals surface area contributed by atoms with Crippen molar-refractivity contribution in [2.75, 3.05) is 26.4 Å². The Bertz CT molecular complexity index is 190. The number of rotatable bonds is 12. The minimum Gasteiger partial charge on any atom is -0.376 e. The average molecular weight is 292 g/mol. The van der Waals surface area contributed by atoms with Crippen molar-refractivity contribution in [1.29, 1.82) is 0 Å². The van der Waals surface area contributed by atoms with Gasteiger partial charge < -0.3 is 14.2 Å². The lowest BCUT2D eigenvalue weighted by Crippen LogP contribution is -2.23. The molecule has 0 aromatic carbocycles. The maximum Gasteiger partial charge on any atom is 0.180 e. The van der Waals surface area contributed by atoms with Crippen molar-refractivity contribution in [2.45, 2.75) is 66.3 Å². The van der Waals surface area contributed by atoms with Gasteiger partial charge in [-0.15, -0.1) is 0 Å². The predicted molar refractivity (Wildman–Crippen MR) is 82.8 cm³/mol. The van der Waals surface area contributed by atoms with Crippen LogP contribution in [0, 0.1) is 0 Å². The van der Waals surface area contributed by atoms with Gasteiger partial charge in [0, 0.05) is 19.8 Å². The average Bonchev–Trinajstić information content (AvgIpc) is 2.44. The summed E-state index contributed by atoms with van der Waals surface area (Å²) in [5, 5.41) is 0. The Balaban J connectivity index is 0. The van der Waals surface area contributed by atoms with Gasteiger partial charge in [-0.25, -0.2) is 4.39 Å². The minimum atomic E-state index is -0.754. The van der Waals surface area contributed by atoms with E-state index in [1.165, 1.54) is 0 Å². The molecule has 0 aromatic heterocycles. The van der Waals surface area contributed by atoms with Crippen LogP contribution in [0.15, 0.2) is 12.2 Å². The highest BCUT2D eigenvalue weighted by Crippen LogP contribution is 2.01. The molecule has 0 aromatic rings. The summed E-state index contributed by atoms with van der Waals surface area (Å²) in [5.74, 6) is 0. The van der Waals surface area contributed by atoms with Gasteiger partial charge in [0.15, 0.2) is 6.29 Å². The quantitative estimate of drug-likeness (QED) is 0.301. The van der Waals surface area contributed by atoms with Crippen LogP contribution in [0.1, 0.15) is 53.9 Å². The molecule has 0 fully saturated rings. The Morgan fingerprint density at radius 2 is 1.65 bits per heavy atom. The van der Waals surface area contributed by atoms with Crippen molar-refractivity contribution in [1.82, 2.24) is 0 Å². The van der Waals surface area contributed by atoms with Gasteiger partial charge in [-0.1, -0.05) is 26.0 Å². The smallest absolute Gasteiger partial charge is 0.180 e. The molecule has 1 atom stereocenters. The van der Waals surface area contributed by atoms with E-state index < -0.39 is 6.17 Å². The Labute approximate surface area is 124 Å². The highest BCUT2D eigenvalue weighted by atomic mass is 19.1. The summed E-state index contributed by atoms with van der Waals surface area (Å²) >= 11 is 0. The van der Waals surface area contributed by atoms with E-state index in [1.54, 1.807) is 6.92 Å². The first-order chi connectivity index (χ1) is 9.70. The van der Waals surface area contributed by atoms with Gasteiger partial charge in [0.05, 0.1) is 6.61 Å². The molecule has 0 aliphatic carbocycles. The van der Waals surface area contributed by atoms with Gasteiger partial charge in [0.2, 0.25) is 0 Å². The number of hydrogen-bond donors (Lipinski definition) is 0. The van der Waals surface area contributed by atoms with Crippen molar-refractivity contribution < 1.29 is 18.6 Å². The van der Waals surface area contributed by atoms with E-state index in [9.17, 15) is 4.39 Å². The van der Waals surface area contributed by atoms with E-state index >= 15 is 0 Å². The second-order valence-corrected chi connectivity index (χ2v) is 4.05. The van der Waals surface area contributed by atoms with E-state index in [0.717, 1.165) is 12.8 Å². The Hall–Kier alpha value is -0.450. The summed E-state index contributed by atoms with van der Waals surface area (Å²) in [5.41, 5.74) is 0. The number of unbranched alkanes of at least 4 members (excludes halogenated alkanes) is 1. The van der Waals surface area contributed by atoms with E-state index in [1.807, 2.05) is 39.8 Å². The third-order valence-electron chi connectivity index (χ3n) is 2.25. The summed E-state index contributed by atoms with van der Waals surface area (Å²) in [6.45, 7) is 11.8. The SMILES string of the molecule is CC.CCOC(COCCCC=CC[C@@H](C)F)OCC. The monoisotopic (exact) mass is 292 g/mol. The number of allylic oxidation sites excluding steroid dienone is 2. The van der Waals surface area contributed by atoms with Crippen LogP contribution in [-0.2, 0) is 14.2 Å². The highest BCUT2D eigenvalue weighted by molar-refractivity contribution is 4.82. The third-order valence-corrected chi connectivity index (χ3v) is 2.25. The molecule has 0 heterocycles. The molecule has 0 rings (SSSR count). The van der Waals surface area contributed by atoms with E-state index in [0.29, 0.717) is 32.8 Å². The van der Waals surface area contributed by atoms with E-state index in [4.69, 9.17) is 14.2 Å². The Morgan fingerprint density at radius 1 is 1.05 bits per heavy atom. The van der Waals surface area contributed by atoms with Crippen LogP contribution in [0.25, 0.3) is 0 Å². The van der Waals surface area contributed by atoms with Crippen LogP contribution in [0.3, 0.4) is 0 Å². The zero-order valence-corrected chi connectivity index (χ0v) is 13.9. The van der Waals surface area contributed by atoms with Crippen LogP contribution < -0.4 is 0 Å². The lowest BCUT2D eigenvalue weighted by Gasteiger charge is -2.16. The van der Waals surface area contributed by atoms with Crippen molar-refractivity contribution in [3.8, 4) is 0 Å². The molecule has 0 N–H and O–H groups in total. The molecule has 4 heteroatoms. The van der Waals surface area contributed by atoms with Gasteiger partial charge >= 0.3 is 0 Å². The highest BCUT2D eigenvalue weighted by Gasteiger charge is 2.06. The van der Waals surface area contributed by atoms with Crippen LogP contribution >= 0.6 is 0 Å². The molecule has 0 aliphatic heterocycles. The molecule has 0 amide bonds. The van der Waals surface area contributed by atoms with Crippen LogP contribution in [-0.4, -0.2) is 38.9 Å². The van der Waals surface area contributed by atoms with E-state index in [-0.39, 0.29) is 6.29 Å². The number of hydrogen-bond acceptors (Lipinski definition) is 3. The maximum atomic E-state index is 12.5. The second-order valence-electron chi connectivity index (χ2n) is 4.05. The number of ether oxygens (including phenoxy) is 3. The van der Waals surface area contributed by atoms with Crippen LogP contribution in [0.4, 0.5) is 4.39 Å². The summed E-state index contributed by atoms with van der Waals surface area (Å²) in [6, 6.07) is 0. The molecule has 0 radical (unpaired) electrons. The standard InChI is InChI=1S/C14H27FO3.C2H6/c1-4-17-14(18-5-2)12-16-11-9-7-6-8-10-13(3)15;1-2/h6,8,13-14H,4-5,7,9-12H2,1-3H3;1-2H3/t13-;/m1./s1. The molecule has 0 spiro atoms. The zero-order valence-electron chi connectivity index (χ0n) is 13.9. The van der Waals surface area contributed by atoms with Gasteiger partial charge in [-0.05, 0) is 40.0 Å². The molecule has 0 unspecified atom stereocenters. The van der Waals surface area contributed by atoms with Crippen LogP contribution in [0.5, 0.6) is 0 Å². The summed E-state index contributed by atoms with van der Waals surface area (Å²) in [7, 11) is 0. The molecule has 20 heavy (non-hydrogen) atoms. The largest absolute Gasteiger partial charge is 0.376 e. The van der Waals surface area contributed by atoms with Crippen molar-refractivity contribution >= 4 is 0 Å². The molecule has 0 saturated carbocycles. The molecular weight excluding hydrogens is 259 g/mol. The van der Waals surface area contributed by atoms with Gasteiger partial charge in [0.25, 0.3) is 0 Å². The zero-order chi connectivity index (χ0) is 15.6. The second kappa shape index (κ2) is 18.6. The fraction of sp³-hybridized carbons (Fsp3) is 0.875. The number of halogens is 1. The minimum absolute atomic E-state index is 0.261. The Morgan fingerprint density at radius 3 is 2.15 bits per heavy atom. The molecule has 0 aliphatic rings. The molecular formula is C16H33FO3.